The first kappa shape index (κ1) is 12.0. The van der Waals surface area contributed by atoms with Crippen molar-refractivity contribution in [2.75, 3.05) is 0 Å². The van der Waals surface area contributed by atoms with Gasteiger partial charge in [0.1, 0.15) is 0 Å². The lowest BCUT2D eigenvalue weighted by molar-refractivity contribution is 0.818. The SMILES string of the molecule is Cc1cc2nc3n(C)c(C)c(C)c(=O)n3c2cc1C. The summed E-state index contributed by atoms with van der Waals surface area (Å²) in [4.78, 5) is 17.1. The van der Waals surface area contributed by atoms with Crippen LogP contribution >= 0.6 is 0 Å². The second kappa shape index (κ2) is 3.70. The van der Waals surface area contributed by atoms with Crippen LogP contribution < -0.4 is 5.56 Å². The summed E-state index contributed by atoms with van der Waals surface area (Å²) in [5.41, 5.74) is 5.89. The lowest BCUT2D eigenvalue weighted by Gasteiger charge is -2.09. The van der Waals surface area contributed by atoms with E-state index in [1.54, 1.807) is 4.40 Å². The standard InChI is InChI=1S/C15H17N3O/c1-8-6-12-13(7-9(8)2)18-14(19)10(3)11(4)17(5)15(18)16-12/h6-7H,1-5H3. The third-order valence-corrected chi connectivity index (χ3v) is 4.12. The Kier molecular flexibility index (Phi) is 2.33. The Labute approximate surface area is 111 Å². The average Bonchev–Trinajstić information content (AvgIpc) is 2.73. The molecule has 0 bridgehead atoms. The zero-order chi connectivity index (χ0) is 13.9. The van der Waals surface area contributed by atoms with Gasteiger partial charge < -0.3 is 4.57 Å². The molecule has 2 aromatic heterocycles. The van der Waals surface area contributed by atoms with Crippen molar-refractivity contribution >= 4 is 16.8 Å². The number of rotatable bonds is 0. The fraction of sp³-hybridized carbons (Fsp3) is 0.333. The number of benzene rings is 1. The molecule has 0 spiro atoms. The van der Waals surface area contributed by atoms with E-state index in [0.29, 0.717) is 5.78 Å². The maximum absolute atomic E-state index is 12.5. The summed E-state index contributed by atoms with van der Waals surface area (Å²) in [5, 5.41) is 0. The molecule has 0 aliphatic rings. The van der Waals surface area contributed by atoms with E-state index in [0.717, 1.165) is 22.3 Å². The number of nitrogens with zero attached hydrogens (tertiary/aromatic N) is 3. The maximum atomic E-state index is 12.5. The molecule has 0 aliphatic heterocycles. The second-order valence-corrected chi connectivity index (χ2v) is 5.25. The molecule has 98 valence electrons. The number of aromatic nitrogens is 3. The van der Waals surface area contributed by atoms with E-state index in [1.807, 2.05) is 37.6 Å². The minimum atomic E-state index is 0.0244. The zero-order valence-corrected chi connectivity index (χ0v) is 11.9. The van der Waals surface area contributed by atoms with Crippen molar-refractivity contribution in [1.82, 2.24) is 14.0 Å². The molecule has 2 heterocycles. The van der Waals surface area contributed by atoms with Gasteiger partial charge in [0.25, 0.3) is 5.56 Å². The summed E-state index contributed by atoms with van der Waals surface area (Å²) in [7, 11) is 1.95. The highest BCUT2D eigenvalue weighted by Gasteiger charge is 2.14. The minimum absolute atomic E-state index is 0.0244. The Morgan fingerprint density at radius 3 is 2.37 bits per heavy atom. The highest BCUT2D eigenvalue weighted by Crippen LogP contribution is 2.20. The van der Waals surface area contributed by atoms with E-state index in [1.165, 1.54) is 11.1 Å². The van der Waals surface area contributed by atoms with Crippen LogP contribution in [-0.4, -0.2) is 14.0 Å². The van der Waals surface area contributed by atoms with Crippen molar-refractivity contribution in [1.29, 1.82) is 0 Å². The molecule has 1 aromatic carbocycles. The Morgan fingerprint density at radius 1 is 1.05 bits per heavy atom. The first-order valence-corrected chi connectivity index (χ1v) is 6.37. The number of hydrogen-bond donors (Lipinski definition) is 0. The molecule has 0 radical (unpaired) electrons. The monoisotopic (exact) mass is 255 g/mol. The molecule has 3 aromatic rings. The van der Waals surface area contributed by atoms with Crippen molar-refractivity contribution in [3.05, 3.63) is 44.9 Å². The van der Waals surface area contributed by atoms with Crippen molar-refractivity contribution in [3.8, 4) is 0 Å². The number of aryl methyl sites for hydroxylation is 3. The minimum Gasteiger partial charge on any atom is -0.318 e. The molecule has 0 aliphatic carbocycles. The lowest BCUT2D eigenvalue weighted by atomic mass is 10.1. The van der Waals surface area contributed by atoms with Gasteiger partial charge in [-0.25, -0.2) is 9.38 Å². The fourth-order valence-corrected chi connectivity index (χ4v) is 2.47. The van der Waals surface area contributed by atoms with Crippen molar-refractivity contribution in [2.45, 2.75) is 27.7 Å². The molecular formula is C15H17N3O. The molecule has 0 atom stereocenters. The first-order valence-electron chi connectivity index (χ1n) is 6.37. The van der Waals surface area contributed by atoms with Gasteiger partial charge in [-0.2, -0.15) is 0 Å². The Bertz CT molecular complexity index is 884. The van der Waals surface area contributed by atoms with Gasteiger partial charge in [0.05, 0.1) is 11.0 Å². The van der Waals surface area contributed by atoms with Gasteiger partial charge in [0.2, 0.25) is 5.78 Å². The molecule has 0 saturated carbocycles. The summed E-state index contributed by atoms with van der Waals surface area (Å²) in [6.07, 6.45) is 0. The maximum Gasteiger partial charge on any atom is 0.262 e. The predicted octanol–water partition coefficient (Wildman–Crippen LogP) is 2.42. The van der Waals surface area contributed by atoms with E-state index in [2.05, 4.69) is 18.8 Å². The number of fused-ring (bicyclic) bond motifs is 3. The fourth-order valence-electron chi connectivity index (χ4n) is 2.47. The van der Waals surface area contributed by atoms with E-state index < -0.39 is 0 Å². The third-order valence-electron chi connectivity index (χ3n) is 4.12. The first-order chi connectivity index (χ1) is 8.91. The molecule has 19 heavy (non-hydrogen) atoms. The molecule has 0 amide bonds. The largest absolute Gasteiger partial charge is 0.318 e. The Balaban J connectivity index is 2.67. The van der Waals surface area contributed by atoms with E-state index in [-0.39, 0.29) is 5.56 Å². The smallest absolute Gasteiger partial charge is 0.262 e. The lowest BCUT2D eigenvalue weighted by Crippen LogP contribution is -2.21. The zero-order valence-electron chi connectivity index (χ0n) is 11.9. The molecule has 0 saturated heterocycles. The topological polar surface area (TPSA) is 39.3 Å². The van der Waals surface area contributed by atoms with Crippen LogP contribution in [0.15, 0.2) is 16.9 Å². The van der Waals surface area contributed by atoms with Crippen LogP contribution in [0.25, 0.3) is 16.8 Å². The van der Waals surface area contributed by atoms with E-state index >= 15 is 0 Å². The molecule has 0 N–H and O–H groups in total. The average molecular weight is 255 g/mol. The molecule has 4 heteroatoms. The van der Waals surface area contributed by atoms with Gasteiger partial charge in [-0.05, 0) is 51.0 Å². The molecule has 0 fully saturated rings. The summed E-state index contributed by atoms with van der Waals surface area (Å²) in [5.74, 6) is 0.702. The number of hydrogen-bond acceptors (Lipinski definition) is 2. The second-order valence-electron chi connectivity index (χ2n) is 5.25. The van der Waals surface area contributed by atoms with Crippen LogP contribution in [0.1, 0.15) is 22.4 Å². The van der Waals surface area contributed by atoms with Gasteiger partial charge in [0.15, 0.2) is 0 Å². The van der Waals surface area contributed by atoms with Gasteiger partial charge in [-0.1, -0.05) is 0 Å². The molecule has 3 rings (SSSR count). The normalized spacial score (nSPS) is 11.6. The van der Waals surface area contributed by atoms with Gasteiger partial charge >= 0.3 is 0 Å². The summed E-state index contributed by atoms with van der Waals surface area (Å²) >= 11 is 0. The Hall–Kier alpha value is -2.10. The predicted molar refractivity (Wildman–Crippen MR) is 76.9 cm³/mol. The molecule has 0 unspecified atom stereocenters. The number of imidazole rings is 1. The molecular weight excluding hydrogens is 238 g/mol. The van der Waals surface area contributed by atoms with Crippen molar-refractivity contribution < 1.29 is 0 Å². The van der Waals surface area contributed by atoms with Crippen LogP contribution in [0.3, 0.4) is 0 Å². The summed E-state index contributed by atoms with van der Waals surface area (Å²) in [6.45, 7) is 7.93. The van der Waals surface area contributed by atoms with Crippen LogP contribution in [-0.2, 0) is 7.05 Å². The molecule has 4 nitrogen and oxygen atoms in total. The highest BCUT2D eigenvalue weighted by molar-refractivity contribution is 5.81. The summed E-state index contributed by atoms with van der Waals surface area (Å²) in [6, 6.07) is 4.09. The van der Waals surface area contributed by atoms with Gasteiger partial charge in [-0.3, -0.25) is 4.79 Å². The van der Waals surface area contributed by atoms with Crippen molar-refractivity contribution in [3.63, 3.8) is 0 Å². The van der Waals surface area contributed by atoms with Crippen LogP contribution in [0, 0.1) is 27.7 Å². The van der Waals surface area contributed by atoms with Gasteiger partial charge in [-0.15, -0.1) is 0 Å². The van der Waals surface area contributed by atoms with Crippen LogP contribution in [0.4, 0.5) is 0 Å². The summed E-state index contributed by atoms with van der Waals surface area (Å²) < 4.78 is 3.69. The van der Waals surface area contributed by atoms with Crippen LogP contribution in [0.5, 0.6) is 0 Å². The van der Waals surface area contributed by atoms with Crippen molar-refractivity contribution in [2.24, 2.45) is 7.05 Å². The highest BCUT2D eigenvalue weighted by atomic mass is 16.1. The Morgan fingerprint density at radius 2 is 1.68 bits per heavy atom. The van der Waals surface area contributed by atoms with Gasteiger partial charge in [0, 0.05) is 18.3 Å². The van der Waals surface area contributed by atoms with E-state index in [4.69, 9.17) is 0 Å². The third kappa shape index (κ3) is 1.46. The van der Waals surface area contributed by atoms with Crippen LogP contribution in [0.2, 0.25) is 0 Å². The van der Waals surface area contributed by atoms with E-state index in [9.17, 15) is 4.79 Å². The quantitative estimate of drug-likeness (QED) is 0.619.